The van der Waals surface area contributed by atoms with E-state index in [0.717, 1.165) is 5.69 Å². The second-order valence-electron chi connectivity index (χ2n) is 5.78. The lowest BCUT2D eigenvalue weighted by molar-refractivity contribution is -0.143. The van der Waals surface area contributed by atoms with Gasteiger partial charge in [-0.25, -0.2) is 4.39 Å². The first-order chi connectivity index (χ1) is 10.1. The average molecular weight is 294 g/mol. The monoisotopic (exact) mass is 294 g/mol. The van der Waals surface area contributed by atoms with Crippen molar-refractivity contribution >= 4 is 11.8 Å². The third-order valence-corrected chi connectivity index (χ3v) is 4.32. The quantitative estimate of drug-likeness (QED) is 0.890. The molecule has 1 fully saturated rings. The first-order valence-corrected chi connectivity index (χ1v) is 7.24. The van der Waals surface area contributed by atoms with Crippen molar-refractivity contribution in [3.8, 4) is 0 Å². The van der Waals surface area contributed by atoms with E-state index >= 15 is 0 Å². The van der Waals surface area contributed by atoms with Gasteiger partial charge in [-0.1, -0.05) is 0 Å². The second-order valence-corrected chi connectivity index (χ2v) is 5.78. The normalized spacial score (nSPS) is 27.7. The molecule has 1 aromatic rings. The summed E-state index contributed by atoms with van der Waals surface area (Å²) in [5, 5.41) is 6.85. The van der Waals surface area contributed by atoms with Crippen LogP contribution in [0, 0.1) is 5.92 Å². The molecule has 1 N–H and O–H groups in total. The van der Waals surface area contributed by atoms with E-state index in [9.17, 15) is 14.0 Å². The molecule has 0 bridgehead atoms. The minimum absolute atomic E-state index is 0.00161. The molecule has 21 heavy (non-hydrogen) atoms. The summed E-state index contributed by atoms with van der Waals surface area (Å²) < 4.78 is 14.8. The third-order valence-electron chi connectivity index (χ3n) is 4.32. The molecule has 1 atom stereocenters. The van der Waals surface area contributed by atoms with Gasteiger partial charge in [0, 0.05) is 25.7 Å². The van der Waals surface area contributed by atoms with Gasteiger partial charge in [0.25, 0.3) is 0 Å². The highest BCUT2D eigenvalue weighted by atomic mass is 19.1. The summed E-state index contributed by atoms with van der Waals surface area (Å²) in [5.74, 6) is -0.281. The molecule has 1 aliphatic carbocycles. The Morgan fingerprint density at radius 3 is 2.90 bits per heavy atom. The zero-order valence-corrected chi connectivity index (χ0v) is 12.0. The Bertz CT molecular complexity index is 553. The van der Waals surface area contributed by atoms with Gasteiger partial charge in [0.05, 0.1) is 24.7 Å². The number of amides is 2. The summed E-state index contributed by atoms with van der Waals surface area (Å²) in [7, 11) is 1.59. The molecule has 6 nitrogen and oxygen atoms in total. The standard InChI is InChI=1S/C14H19FN4O2/c1-16-13(20)6-12-8-18(7-11-2-3-17-19(11)12)14(21)9-4-10(15)5-9/h2-3,9-10,12H,4-8H2,1H3,(H,16,20)/t9?,10?,12-/m1/s1. The smallest absolute Gasteiger partial charge is 0.226 e. The molecular formula is C14H19FN4O2. The van der Waals surface area contributed by atoms with Crippen molar-refractivity contribution in [2.75, 3.05) is 13.6 Å². The number of alkyl halides is 1. The number of nitrogens with zero attached hydrogens (tertiary/aromatic N) is 3. The van der Waals surface area contributed by atoms with E-state index in [0.29, 0.717) is 25.9 Å². The Morgan fingerprint density at radius 2 is 2.24 bits per heavy atom. The Balaban J connectivity index is 1.74. The van der Waals surface area contributed by atoms with Crippen LogP contribution >= 0.6 is 0 Å². The molecule has 2 amide bonds. The largest absolute Gasteiger partial charge is 0.359 e. The van der Waals surface area contributed by atoms with Crippen LogP contribution in [0.15, 0.2) is 12.3 Å². The summed E-state index contributed by atoms with van der Waals surface area (Å²) in [5.41, 5.74) is 0.916. The van der Waals surface area contributed by atoms with Crippen LogP contribution in [0.2, 0.25) is 0 Å². The van der Waals surface area contributed by atoms with Crippen LogP contribution in [0.1, 0.15) is 31.0 Å². The molecule has 3 rings (SSSR count). The van der Waals surface area contributed by atoms with Crippen LogP contribution in [0.25, 0.3) is 0 Å². The topological polar surface area (TPSA) is 67.2 Å². The summed E-state index contributed by atoms with van der Waals surface area (Å²) in [6.45, 7) is 0.935. The van der Waals surface area contributed by atoms with Gasteiger partial charge in [0.1, 0.15) is 6.17 Å². The van der Waals surface area contributed by atoms with E-state index in [1.807, 2.05) is 10.7 Å². The number of aromatic nitrogens is 2. The van der Waals surface area contributed by atoms with E-state index < -0.39 is 6.17 Å². The van der Waals surface area contributed by atoms with Crippen molar-refractivity contribution in [2.24, 2.45) is 5.92 Å². The van der Waals surface area contributed by atoms with Crippen molar-refractivity contribution in [3.63, 3.8) is 0 Å². The van der Waals surface area contributed by atoms with Crippen LogP contribution in [0.3, 0.4) is 0 Å². The van der Waals surface area contributed by atoms with E-state index in [4.69, 9.17) is 0 Å². The maximum absolute atomic E-state index is 12.9. The molecule has 1 aromatic heterocycles. The van der Waals surface area contributed by atoms with Gasteiger partial charge in [-0.05, 0) is 18.9 Å². The molecule has 1 aliphatic heterocycles. The van der Waals surface area contributed by atoms with Gasteiger partial charge in [-0.15, -0.1) is 0 Å². The van der Waals surface area contributed by atoms with Crippen LogP contribution in [0.5, 0.6) is 0 Å². The van der Waals surface area contributed by atoms with Crippen LogP contribution in [-0.4, -0.2) is 46.3 Å². The van der Waals surface area contributed by atoms with Gasteiger partial charge in [0.2, 0.25) is 11.8 Å². The Hall–Kier alpha value is -1.92. The molecule has 0 spiro atoms. The van der Waals surface area contributed by atoms with Crippen molar-refractivity contribution in [1.82, 2.24) is 20.0 Å². The first-order valence-electron chi connectivity index (χ1n) is 7.24. The summed E-state index contributed by atoms with van der Waals surface area (Å²) in [4.78, 5) is 25.8. The molecule has 7 heteroatoms. The third kappa shape index (κ3) is 2.64. The number of fused-ring (bicyclic) bond motifs is 1. The number of hydrogen-bond donors (Lipinski definition) is 1. The minimum atomic E-state index is -0.837. The van der Waals surface area contributed by atoms with Crippen molar-refractivity contribution < 1.29 is 14.0 Å². The summed E-state index contributed by atoms with van der Waals surface area (Å²) in [6, 6.07) is 1.70. The van der Waals surface area contributed by atoms with E-state index in [1.54, 1.807) is 18.1 Å². The maximum Gasteiger partial charge on any atom is 0.226 e. The predicted octanol–water partition coefficient (Wildman–Crippen LogP) is 0.651. The first kappa shape index (κ1) is 14.0. The van der Waals surface area contributed by atoms with Crippen LogP contribution < -0.4 is 5.32 Å². The molecule has 1 saturated carbocycles. The summed E-state index contributed by atoms with van der Waals surface area (Å²) in [6.07, 6.45) is 1.78. The van der Waals surface area contributed by atoms with Gasteiger partial charge in [-0.3, -0.25) is 14.3 Å². The Labute approximate surface area is 122 Å². The average Bonchev–Trinajstić information content (AvgIpc) is 2.91. The highest BCUT2D eigenvalue weighted by Crippen LogP contribution is 2.33. The van der Waals surface area contributed by atoms with Gasteiger partial charge < -0.3 is 10.2 Å². The molecule has 114 valence electrons. The van der Waals surface area contributed by atoms with Gasteiger partial charge in [-0.2, -0.15) is 5.10 Å². The van der Waals surface area contributed by atoms with Crippen LogP contribution in [0.4, 0.5) is 4.39 Å². The Kier molecular flexibility index (Phi) is 3.65. The zero-order chi connectivity index (χ0) is 15.0. The van der Waals surface area contributed by atoms with Gasteiger partial charge in [0.15, 0.2) is 0 Å². The number of hydrogen-bond acceptors (Lipinski definition) is 3. The number of carbonyl (C=O) groups is 2. The number of carbonyl (C=O) groups excluding carboxylic acids is 2. The minimum Gasteiger partial charge on any atom is -0.359 e. The second kappa shape index (κ2) is 5.46. The SMILES string of the molecule is CNC(=O)C[C@@H]1CN(C(=O)C2CC(F)C2)Cc2ccnn21. The fourth-order valence-electron chi connectivity index (χ4n) is 3.03. The lowest BCUT2D eigenvalue weighted by atomic mass is 9.82. The lowest BCUT2D eigenvalue weighted by Crippen LogP contribution is -2.47. The van der Waals surface area contributed by atoms with Crippen molar-refractivity contribution in [2.45, 2.75) is 38.0 Å². The van der Waals surface area contributed by atoms with Crippen molar-refractivity contribution in [1.29, 1.82) is 0 Å². The van der Waals surface area contributed by atoms with E-state index in [1.165, 1.54) is 0 Å². The summed E-state index contributed by atoms with van der Waals surface area (Å²) >= 11 is 0. The number of nitrogens with one attached hydrogen (secondary N) is 1. The Morgan fingerprint density at radius 1 is 1.48 bits per heavy atom. The molecule has 0 saturated heterocycles. The van der Waals surface area contributed by atoms with Crippen LogP contribution in [-0.2, 0) is 16.1 Å². The van der Waals surface area contributed by atoms with Crippen molar-refractivity contribution in [3.05, 3.63) is 18.0 Å². The molecule has 0 unspecified atom stereocenters. The van der Waals surface area contributed by atoms with E-state index in [-0.39, 0.29) is 30.2 Å². The lowest BCUT2D eigenvalue weighted by Gasteiger charge is -2.38. The molecule has 0 radical (unpaired) electrons. The maximum atomic E-state index is 12.9. The highest BCUT2D eigenvalue weighted by molar-refractivity contribution is 5.80. The molecule has 2 aliphatic rings. The highest BCUT2D eigenvalue weighted by Gasteiger charge is 2.39. The molecular weight excluding hydrogens is 275 g/mol. The number of halogens is 1. The zero-order valence-electron chi connectivity index (χ0n) is 12.0. The molecule has 2 heterocycles. The fourth-order valence-corrected chi connectivity index (χ4v) is 3.03. The van der Waals surface area contributed by atoms with Gasteiger partial charge >= 0.3 is 0 Å². The van der Waals surface area contributed by atoms with E-state index in [2.05, 4.69) is 10.4 Å². The number of rotatable bonds is 3. The predicted molar refractivity (Wildman–Crippen MR) is 73.0 cm³/mol. The fraction of sp³-hybridized carbons (Fsp3) is 0.643. The molecule has 0 aromatic carbocycles.